The van der Waals surface area contributed by atoms with Gasteiger partial charge < -0.3 is 10.3 Å². The Morgan fingerprint density at radius 1 is 1.48 bits per heavy atom. The topological polar surface area (TPSA) is 79.8 Å². The first-order valence-corrected chi connectivity index (χ1v) is 7.14. The number of hydrogen-bond acceptors (Lipinski definition) is 3. The first-order chi connectivity index (χ1) is 10.1. The monoisotopic (exact) mass is 286 g/mol. The third kappa shape index (κ3) is 2.89. The minimum Gasteiger partial charge on any atom is -0.352 e. The molecule has 6 heteroatoms. The van der Waals surface area contributed by atoms with Crippen LogP contribution in [0.15, 0.2) is 23.3 Å². The molecule has 21 heavy (non-hydrogen) atoms. The molecule has 2 aromatic heterocycles. The van der Waals surface area contributed by atoms with Gasteiger partial charge in [0.05, 0.1) is 6.20 Å². The van der Waals surface area contributed by atoms with Crippen molar-refractivity contribution >= 4 is 5.91 Å². The number of hydrogen-bond donors (Lipinski definition) is 2. The number of rotatable bonds is 4. The van der Waals surface area contributed by atoms with Crippen molar-refractivity contribution in [3.63, 3.8) is 0 Å². The molecule has 0 fully saturated rings. The lowest BCUT2D eigenvalue weighted by atomic mass is 10.1. The van der Waals surface area contributed by atoms with E-state index in [4.69, 9.17) is 0 Å². The number of aromatic amines is 1. The van der Waals surface area contributed by atoms with Crippen molar-refractivity contribution in [2.75, 3.05) is 6.54 Å². The van der Waals surface area contributed by atoms with Crippen LogP contribution in [0.4, 0.5) is 0 Å². The van der Waals surface area contributed by atoms with Crippen LogP contribution in [0.2, 0.25) is 0 Å². The highest BCUT2D eigenvalue weighted by molar-refractivity contribution is 5.94. The summed E-state index contributed by atoms with van der Waals surface area (Å²) in [6.07, 6.45) is 7.25. The standard InChI is InChI=1S/C15H18N4O2/c1-19-9-10(8-17-19)5-6-16-14(20)12-7-11-3-2-4-13(11)18-15(12)21/h7-9H,2-6H2,1H3,(H,16,20)(H,18,21). The molecule has 2 aromatic rings. The van der Waals surface area contributed by atoms with Crippen LogP contribution in [0.1, 0.15) is 33.6 Å². The molecular formula is C15H18N4O2. The Morgan fingerprint density at radius 3 is 3.10 bits per heavy atom. The van der Waals surface area contributed by atoms with E-state index in [1.54, 1.807) is 16.9 Å². The molecule has 1 aliphatic carbocycles. The average Bonchev–Trinajstić information content (AvgIpc) is 3.06. The third-order valence-corrected chi connectivity index (χ3v) is 3.79. The Labute approximate surface area is 122 Å². The van der Waals surface area contributed by atoms with Gasteiger partial charge in [0.1, 0.15) is 5.56 Å². The summed E-state index contributed by atoms with van der Waals surface area (Å²) in [6, 6.07) is 1.74. The number of aryl methyl sites for hydroxylation is 3. The summed E-state index contributed by atoms with van der Waals surface area (Å²) in [5.41, 5.74) is 3.04. The van der Waals surface area contributed by atoms with Crippen LogP contribution in [0, 0.1) is 0 Å². The quantitative estimate of drug-likeness (QED) is 0.862. The predicted molar refractivity (Wildman–Crippen MR) is 78.3 cm³/mol. The third-order valence-electron chi connectivity index (χ3n) is 3.79. The molecule has 1 aliphatic rings. The van der Waals surface area contributed by atoms with Gasteiger partial charge in [-0.15, -0.1) is 0 Å². The van der Waals surface area contributed by atoms with Crippen molar-refractivity contribution < 1.29 is 4.79 Å². The van der Waals surface area contributed by atoms with E-state index in [9.17, 15) is 9.59 Å². The van der Waals surface area contributed by atoms with E-state index in [0.29, 0.717) is 13.0 Å². The Kier molecular flexibility index (Phi) is 3.60. The van der Waals surface area contributed by atoms with E-state index in [-0.39, 0.29) is 17.0 Å². The lowest BCUT2D eigenvalue weighted by molar-refractivity contribution is 0.0952. The van der Waals surface area contributed by atoms with Gasteiger partial charge in [-0.2, -0.15) is 5.10 Å². The molecule has 0 saturated heterocycles. The number of carbonyl (C=O) groups is 1. The van der Waals surface area contributed by atoms with Crippen LogP contribution in [0.3, 0.4) is 0 Å². The first-order valence-electron chi connectivity index (χ1n) is 7.14. The highest BCUT2D eigenvalue weighted by Gasteiger charge is 2.17. The number of nitrogens with zero attached hydrogens (tertiary/aromatic N) is 2. The molecule has 6 nitrogen and oxygen atoms in total. The normalized spacial score (nSPS) is 13.2. The first kappa shape index (κ1) is 13.6. The molecule has 0 saturated carbocycles. The van der Waals surface area contributed by atoms with E-state index in [1.165, 1.54) is 0 Å². The molecule has 0 unspecified atom stereocenters. The number of amides is 1. The fourth-order valence-electron chi connectivity index (χ4n) is 2.70. The van der Waals surface area contributed by atoms with Crippen molar-refractivity contribution in [2.24, 2.45) is 7.05 Å². The number of carbonyl (C=O) groups excluding carboxylic acids is 1. The number of H-pyrrole nitrogens is 1. The summed E-state index contributed by atoms with van der Waals surface area (Å²) >= 11 is 0. The fraction of sp³-hybridized carbons (Fsp3) is 0.400. The smallest absolute Gasteiger partial charge is 0.261 e. The van der Waals surface area contributed by atoms with E-state index in [0.717, 1.165) is 36.1 Å². The van der Waals surface area contributed by atoms with Gasteiger partial charge in [0.25, 0.3) is 11.5 Å². The Balaban J connectivity index is 1.64. The maximum atomic E-state index is 12.1. The van der Waals surface area contributed by atoms with Crippen LogP contribution in [-0.4, -0.2) is 27.2 Å². The average molecular weight is 286 g/mol. The van der Waals surface area contributed by atoms with E-state index in [2.05, 4.69) is 15.4 Å². The van der Waals surface area contributed by atoms with Crippen molar-refractivity contribution in [3.8, 4) is 0 Å². The number of nitrogens with one attached hydrogen (secondary N) is 2. The van der Waals surface area contributed by atoms with Gasteiger partial charge in [0.2, 0.25) is 0 Å². The van der Waals surface area contributed by atoms with Gasteiger partial charge in [0, 0.05) is 25.5 Å². The summed E-state index contributed by atoms with van der Waals surface area (Å²) < 4.78 is 1.72. The zero-order chi connectivity index (χ0) is 14.8. The summed E-state index contributed by atoms with van der Waals surface area (Å²) in [7, 11) is 1.85. The number of aromatic nitrogens is 3. The summed E-state index contributed by atoms with van der Waals surface area (Å²) in [5, 5.41) is 6.87. The maximum absolute atomic E-state index is 12.1. The zero-order valence-corrected chi connectivity index (χ0v) is 12.0. The Bertz CT molecular complexity index is 730. The lowest BCUT2D eigenvalue weighted by Crippen LogP contribution is -2.31. The second-order valence-corrected chi connectivity index (χ2v) is 5.40. The van der Waals surface area contributed by atoms with Gasteiger partial charge in [-0.25, -0.2) is 0 Å². The largest absolute Gasteiger partial charge is 0.352 e. The minimum atomic E-state index is -0.310. The van der Waals surface area contributed by atoms with Crippen molar-refractivity contribution in [3.05, 3.63) is 51.2 Å². The number of pyridine rings is 1. The van der Waals surface area contributed by atoms with Crippen LogP contribution in [-0.2, 0) is 26.3 Å². The second kappa shape index (κ2) is 5.55. The van der Waals surface area contributed by atoms with Gasteiger partial charge >= 0.3 is 0 Å². The number of fused-ring (bicyclic) bond motifs is 1. The van der Waals surface area contributed by atoms with Gasteiger partial charge in [-0.1, -0.05) is 0 Å². The second-order valence-electron chi connectivity index (χ2n) is 5.40. The zero-order valence-electron chi connectivity index (χ0n) is 12.0. The van der Waals surface area contributed by atoms with Crippen LogP contribution in [0.5, 0.6) is 0 Å². The highest BCUT2D eigenvalue weighted by atomic mass is 16.2. The maximum Gasteiger partial charge on any atom is 0.261 e. The lowest BCUT2D eigenvalue weighted by Gasteiger charge is -2.06. The molecule has 0 spiro atoms. The van der Waals surface area contributed by atoms with Crippen molar-refractivity contribution in [1.82, 2.24) is 20.1 Å². The summed E-state index contributed by atoms with van der Waals surface area (Å²) in [5.74, 6) is -0.310. The molecule has 3 rings (SSSR count). The van der Waals surface area contributed by atoms with Gasteiger partial charge in [-0.05, 0) is 42.9 Å². The molecule has 0 bridgehead atoms. The molecule has 0 aliphatic heterocycles. The molecule has 0 radical (unpaired) electrons. The Hall–Kier alpha value is -2.37. The van der Waals surface area contributed by atoms with E-state index >= 15 is 0 Å². The molecule has 110 valence electrons. The van der Waals surface area contributed by atoms with E-state index < -0.39 is 0 Å². The minimum absolute atomic E-state index is 0.210. The van der Waals surface area contributed by atoms with E-state index in [1.807, 2.05) is 13.2 Å². The highest BCUT2D eigenvalue weighted by Crippen LogP contribution is 2.18. The predicted octanol–water partition coefficient (Wildman–Crippen LogP) is 0.570. The van der Waals surface area contributed by atoms with Crippen LogP contribution in [0.25, 0.3) is 0 Å². The van der Waals surface area contributed by atoms with Crippen molar-refractivity contribution in [2.45, 2.75) is 25.7 Å². The van der Waals surface area contributed by atoms with Crippen LogP contribution < -0.4 is 10.9 Å². The summed E-state index contributed by atoms with van der Waals surface area (Å²) in [4.78, 5) is 26.9. The fourth-order valence-corrected chi connectivity index (χ4v) is 2.70. The SMILES string of the molecule is Cn1cc(CCNC(=O)c2cc3c([nH]c2=O)CCC3)cn1. The molecular weight excluding hydrogens is 268 g/mol. The molecule has 2 N–H and O–H groups in total. The van der Waals surface area contributed by atoms with Gasteiger partial charge in [0.15, 0.2) is 0 Å². The van der Waals surface area contributed by atoms with Crippen molar-refractivity contribution in [1.29, 1.82) is 0 Å². The molecule has 0 aromatic carbocycles. The molecule has 0 atom stereocenters. The molecule has 2 heterocycles. The Morgan fingerprint density at radius 2 is 2.33 bits per heavy atom. The molecule has 1 amide bonds. The van der Waals surface area contributed by atoms with Crippen LogP contribution >= 0.6 is 0 Å². The van der Waals surface area contributed by atoms with Gasteiger partial charge in [-0.3, -0.25) is 14.3 Å². The summed E-state index contributed by atoms with van der Waals surface area (Å²) in [6.45, 7) is 0.487.